The van der Waals surface area contributed by atoms with Crippen LogP contribution in [0.5, 0.6) is 0 Å². The van der Waals surface area contributed by atoms with E-state index in [1.54, 1.807) is 0 Å². The highest BCUT2D eigenvalue weighted by molar-refractivity contribution is 5.79. The average molecular weight is 398 g/mol. The van der Waals surface area contributed by atoms with E-state index in [0.717, 1.165) is 56.6 Å². The van der Waals surface area contributed by atoms with Crippen LogP contribution in [0.25, 0.3) is 0 Å². The molecule has 0 aromatic carbocycles. The lowest BCUT2D eigenvalue weighted by Crippen LogP contribution is -2.37. The molecule has 0 atom stereocenters. The molecule has 2 N–H and O–H groups in total. The predicted molar refractivity (Wildman–Crippen MR) is 119 cm³/mol. The largest absolute Gasteiger partial charge is 0.357 e. The van der Waals surface area contributed by atoms with Crippen molar-refractivity contribution in [2.75, 3.05) is 31.6 Å². The van der Waals surface area contributed by atoms with Crippen LogP contribution in [0, 0.1) is 13.8 Å². The van der Waals surface area contributed by atoms with E-state index in [2.05, 4.69) is 60.4 Å². The van der Waals surface area contributed by atoms with E-state index >= 15 is 0 Å². The van der Waals surface area contributed by atoms with E-state index in [1.165, 1.54) is 36.9 Å². The summed E-state index contributed by atoms with van der Waals surface area (Å²) in [5.41, 5.74) is 3.51. The molecule has 0 aliphatic carbocycles. The molecular formula is C22H35N7. The van der Waals surface area contributed by atoms with Crippen molar-refractivity contribution in [3.05, 3.63) is 41.3 Å². The highest BCUT2D eigenvalue weighted by Crippen LogP contribution is 2.18. The van der Waals surface area contributed by atoms with E-state index in [-0.39, 0.29) is 0 Å². The van der Waals surface area contributed by atoms with E-state index in [0.29, 0.717) is 0 Å². The third kappa shape index (κ3) is 6.48. The van der Waals surface area contributed by atoms with E-state index in [9.17, 15) is 0 Å². The lowest BCUT2D eigenvalue weighted by molar-refractivity contribution is 0.555. The summed E-state index contributed by atoms with van der Waals surface area (Å²) in [7, 11) is 1.81. The Hall–Kier alpha value is -2.57. The molecule has 0 bridgehead atoms. The SMILES string of the molecule is CN=C(NCCCn1nc(C)cc1C)NCc1ccnc(N2CCCCCC2)c1. The summed E-state index contributed by atoms with van der Waals surface area (Å²) < 4.78 is 2.06. The van der Waals surface area contributed by atoms with Gasteiger partial charge in [0.05, 0.1) is 5.69 Å². The van der Waals surface area contributed by atoms with Gasteiger partial charge in [0.15, 0.2) is 5.96 Å². The number of guanidine groups is 1. The molecule has 0 radical (unpaired) electrons. The van der Waals surface area contributed by atoms with Crippen LogP contribution in [0.4, 0.5) is 5.82 Å². The van der Waals surface area contributed by atoms with Crippen LogP contribution in [0.3, 0.4) is 0 Å². The molecule has 3 heterocycles. The van der Waals surface area contributed by atoms with Gasteiger partial charge in [-0.1, -0.05) is 12.8 Å². The lowest BCUT2D eigenvalue weighted by atomic mass is 10.2. The fourth-order valence-corrected chi connectivity index (χ4v) is 3.79. The Kier molecular flexibility index (Phi) is 7.90. The van der Waals surface area contributed by atoms with Gasteiger partial charge in [0.25, 0.3) is 0 Å². The number of nitrogens with one attached hydrogen (secondary N) is 2. The Labute approximate surface area is 174 Å². The molecule has 1 fully saturated rings. The topological polar surface area (TPSA) is 70.4 Å². The highest BCUT2D eigenvalue weighted by atomic mass is 15.3. The molecule has 2 aromatic heterocycles. The minimum absolute atomic E-state index is 0.737. The molecule has 7 nitrogen and oxygen atoms in total. The molecule has 158 valence electrons. The minimum atomic E-state index is 0.737. The summed E-state index contributed by atoms with van der Waals surface area (Å²) in [5.74, 6) is 1.92. The zero-order valence-corrected chi connectivity index (χ0v) is 18.1. The first kappa shape index (κ1) is 21.1. The van der Waals surface area contributed by atoms with Crippen molar-refractivity contribution in [2.24, 2.45) is 4.99 Å². The summed E-state index contributed by atoms with van der Waals surface area (Å²) in [6, 6.07) is 6.39. The number of aromatic nitrogens is 3. The fourth-order valence-electron chi connectivity index (χ4n) is 3.79. The first-order valence-electron chi connectivity index (χ1n) is 10.8. The van der Waals surface area contributed by atoms with Crippen molar-refractivity contribution < 1.29 is 0 Å². The molecule has 29 heavy (non-hydrogen) atoms. The normalized spacial score (nSPS) is 15.3. The van der Waals surface area contributed by atoms with Gasteiger partial charge in [0.1, 0.15) is 5.82 Å². The fraction of sp³-hybridized carbons (Fsp3) is 0.591. The van der Waals surface area contributed by atoms with Crippen molar-refractivity contribution in [2.45, 2.75) is 59.0 Å². The van der Waals surface area contributed by atoms with Gasteiger partial charge in [0, 0.05) is 51.7 Å². The van der Waals surface area contributed by atoms with Gasteiger partial charge in [-0.3, -0.25) is 9.67 Å². The van der Waals surface area contributed by atoms with Gasteiger partial charge in [0.2, 0.25) is 0 Å². The molecular weight excluding hydrogens is 362 g/mol. The number of hydrogen-bond acceptors (Lipinski definition) is 4. The molecule has 1 aliphatic heterocycles. The van der Waals surface area contributed by atoms with Crippen LogP contribution in [-0.4, -0.2) is 47.4 Å². The van der Waals surface area contributed by atoms with E-state index in [4.69, 9.17) is 0 Å². The second-order valence-electron chi connectivity index (χ2n) is 7.78. The van der Waals surface area contributed by atoms with Crippen molar-refractivity contribution >= 4 is 11.8 Å². The summed E-state index contributed by atoms with van der Waals surface area (Å²) in [6.45, 7) is 8.86. The van der Waals surface area contributed by atoms with Crippen molar-refractivity contribution in [3.8, 4) is 0 Å². The number of aryl methyl sites for hydroxylation is 3. The average Bonchev–Trinajstić information content (AvgIpc) is 2.91. The Bertz CT molecular complexity index is 788. The number of anilines is 1. The second kappa shape index (κ2) is 10.8. The third-order valence-electron chi connectivity index (χ3n) is 5.37. The minimum Gasteiger partial charge on any atom is -0.357 e. The monoisotopic (exact) mass is 397 g/mol. The Morgan fingerprint density at radius 2 is 1.90 bits per heavy atom. The highest BCUT2D eigenvalue weighted by Gasteiger charge is 2.11. The Balaban J connectivity index is 1.44. The van der Waals surface area contributed by atoms with Gasteiger partial charge in [-0.15, -0.1) is 0 Å². The van der Waals surface area contributed by atoms with E-state index in [1.807, 2.05) is 20.2 Å². The molecule has 0 saturated carbocycles. The summed E-state index contributed by atoms with van der Waals surface area (Å²) in [6.07, 6.45) is 8.11. The van der Waals surface area contributed by atoms with Crippen LogP contribution >= 0.6 is 0 Å². The van der Waals surface area contributed by atoms with Crippen LogP contribution < -0.4 is 15.5 Å². The van der Waals surface area contributed by atoms with Crippen LogP contribution in [-0.2, 0) is 13.1 Å². The Morgan fingerprint density at radius 1 is 1.10 bits per heavy atom. The van der Waals surface area contributed by atoms with Crippen molar-refractivity contribution in [3.63, 3.8) is 0 Å². The van der Waals surface area contributed by atoms with Gasteiger partial charge >= 0.3 is 0 Å². The summed E-state index contributed by atoms with van der Waals surface area (Å²) in [5, 5.41) is 11.3. The van der Waals surface area contributed by atoms with Crippen LogP contribution in [0.1, 0.15) is 49.1 Å². The maximum Gasteiger partial charge on any atom is 0.191 e. The second-order valence-corrected chi connectivity index (χ2v) is 7.78. The van der Waals surface area contributed by atoms with Crippen LogP contribution in [0.15, 0.2) is 29.4 Å². The predicted octanol–water partition coefficient (Wildman–Crippen LogP) is 3.03. The first-order valence-corrected chi connectivity index (χ1v) is 10.8. The molecule has 0 amide bonds. The Morgan fingerprint density at radius 3 is 2.59 bits per heavy atom. The van der Waals surface area contributed by atoms with Crippen LogP contribution in [0.2, 0.25) is 0 Å². The first-order chi connectivity index (χ1) is 14.2. The summed E-state index contributed by atoms with van der Waals surface area (Å²) >= 11 is 0. The van der Waals surface area contributed by atoms with E-state index < -0.39 is 0 Å². The van der Waals surface area contributed by atoms with Crippen molar-refractivity contribution in [1.29, 1.82) is 0 Å². The molecule has 3 rings (SSSR count). The number of hydrogen-bond donors (Lipinski definition) is 2. The molecule has 0 spiro atoms. The maximum absolute atomic E-state index is 4.59. The number of aliphatic imine (C=N–C) groups is 1. The lowest BCUT2D eigenvalue weighted by Gasteiger charge is -2.22. The molecule has 0 unspecified atom stereocenters. The van der Waals surface area contributed by atoms with Crippen molar-refractivity contribution in [1.82, 2.24) is 25.4 Å². The third-order valence-corrected chi connectivity index (χ3v) is 5.37. The summed E-state index contributed by atoms with van der Waals surface area (Å²) in [4.78, 5) is 11.4. The zero-order valence-electron chi connectivity index (χ0n) is 18.1. The standard InChI is InChI=1S/C22H35N7/c1-18-15-19(2)29(27-18)14-8-10-25-22(23-3)26-17-20-9-11-24-21(16-20)28-12-6-4-5-7-13-28/h9,11,15-16H,4-8,10,12-14,17H2,1-3H3,(H2,23,25,26). The molecule has 1 aliphatic rings. The van der Waals surface area contributed by atoms with Gasteiger partial charge in [-0.25, -0.2) is 4.98 Å². The maximum atomic E-state index is 4.59. The van der Waals surface area contributed by atoms with Gasteiger partial charge in [-0.2, -0.15) is 5.10 Å². The van der Waals surface area contributed by atoms with Gasteiger partial charge < -0.3 is 15.5 Å². The molecule has 7 heteroatoms. The number of pyridine rings is 1. The molecule has 1 saturated heterocycles. The number of rotatable bonds is 7. The quantitative estimate of drug-likeness (QED) is 0.427. The number of nitrogens with zero attached hydrogens (tertiary/aromatic N) is 5. The molecule has 2 aromatic rings. The zero-order chi connectivity index (χ0) is 20.5. The smallest absolute Gasteiger partial charge is 0.191 e. The van der Waals surface area contributed by atoms with Gasteiger partial charge in [-0.05, 0) is 56.9 Å².